The highest BCUT2D eigenvalue weighted by molar-refractivity contribution is 5.40. The molecule has 0 radical (unpaired) electrons. The van der Waals surface area contributed by atoms with Crippen LogP contribution in [0.1, 0.15) is 38.7 Å². The van der Waals surface area contributed by atoms with Crippen LogP contribution in [-0.2, 0) is 6.54 Å². The Hall–Kier alpha value is -1.02. The zero-order chi connectivity index (χ0) is 12.3. The van der Waals surface area contributed by atoms with Crippen molar-refractivity contribution < 1.29 is 0 Å². The molecule has 1 aromatic carbocycles. The Labute approximate surface area is 105 Å². The Kier molecular flexibility index (Phi) is 4.06. The van der Waals surface area contributed by atoms with E-state index >= 15 is 0 Å². The molecule has 2 N–H and O–H groups in total. The van der Waals surface area contributed by atoms with Gasteiger partial charge in [0.1, 0.15) is 0 Å². The predicted molar refractivity (Wildman–Crippen MR) is 73.7 cm³/mol. The molecular weight excluding hydrogens is 208 g/mol. The quantitative estimate of drug-likeness (QED) is 0.807. The highest BCUT2D eigenvalue weighted by Gasteiger charge is 2.24. The molecule has 2 rings (SSSR count). The molecule has 0 aliphatic carbocycles. The van der Waals surface area contributed by atoms with Crippen LogP contribution >= 0.6 is 0 Å². The Morgan fingerprint density at radius 2 is 2.24 bits per heavy atom. The van der Waals surface area contributed by atoms with Crippen molar-refractivity contribution in [3.05, 3.63) is 29.8 Å². The van der Waals surface area contributed by atoms with Gasteiger partial charge in [-0.3, -0.25) is 4.90 Å². The van der Waals surface area contributed by atoms with E-state index < -0.39 is 0 Å². The van der Waals surface area contributed by atoms with E-state index in [0.29, 0.717) is 0 Å². The van der Waals surface area contributed by atoms with Crippen molar-refractivity contribution in [1.82, 2.24) is 4.90 Å². The van der Waals surface area contributed by atoms with E-state index in [2.05, 4.69) is 36.9 Å². The van der Waals surface area contributed by atoms with E-state index in [1.165, 1.54) is 31.4 Å². The molecule has 0 spiro atoms. The molecule has 1 saturated heterocycles. The van der Waals surface area contributed by atoms with Gasteiger partial charge in [-0.05, 0) is 49.4 Å². The summed E-state index contributed by atoms with van der Waals surface area (Å²) in [6.07, 6.45) is 4.03. The van der Waals surface area contributed by atoms with Crippen LogP contribution in [0.4, 0.5) is 5.69 Å². The minimum atomic E-state index is 0.774. The molecule has 1 heterocycles. The van der Waals surface area contributed by atoms with Crippen LogP contribution < -0.4 is 5.73 Å². The van der Waals surface area contributed by atoms with Crippen molar-refractivity contribution in [3.8, 4) is 0 Å². The molecular formula is C15H24N2. The molecule has 17 heavy (non-hydrogen) atoms. The number of nitrogen functional groups attached to an aromatic ring is 1. The molecule has 1 aromatic rings. The fourth-order valence-corrected chi connectivity index (χ4v) is 2.84. The van der Waals surface area contributed by atoms with Gasteiger partial charge in [0.2, 0.25) is 0 Å². The van der Waals surface area contributed by atoms with Crippen LogP contribution in [0.3, 0.4) is 0 Å². The van der Waals surface area contributed by atoms with Gasteiger partial charge in [-0.25, -0.2) is 0 Å². The molecule has 1 aliphatic rings. The number of anilines is 1. The monoisotopic (exact) mass is 232 g/mol. The average molecular weight is 232 g/mol. The lowest BCUT2D eigenvalue weighted by Crippen LogP contribution is -2.30. The third kappa shape index (κ3) is 3.47. The first-order valence-corrected chi connectivity index (χ1v) is 6.73. The van der Waals surface area contributed by atoms with E-state index in [9.17, 15) is 0 Å². The third-order valence-electron chi connectivity index (χ3n) is 3.58. The second kappa shape index (κ2) is 5.54. The van der Waals surface area contributed by atoms with Crippen molar-refractivity contribution in [3.63, 3.8) is 0 Å². The lowest BCUT2D eigenvalue weighted by molar-refractivity contribution is 0.218. The summed E-state index contributed by atoms with van der Waals surface area (Å²) in [5.74, 6) is 0.793. The maximum atomic E-state index is 5.83. The number of benzene rings is 1. The van der Waals surface area contributed by atoms with Crippen molar-refractivity contribution in [1.29, 1.82) is 0 Å². The zero-order valence-corrected chi connectivity index (χ0v) is 11.0. The molecule has 2 nitrogen and oxygen atoms in total. The summed E-state index contributed by atoms with van der Waals surface area (Å²) in [7, 11) is 0. The SMILES string of the molecule is CC(C)CC1CCCN1Cc1cccc(N)c1. The minimum absolute atomic E-state index is 0.774. The lowest BCUT2D eigenvalue weighted by atomic mass is 10.0. The molecule has 1 fully saturated rings. The zero-order valence-electron chi connectivity index (χ0n) is 11.0. The summed E-state index contributed by atoms with van der Waals surface area (Å²) in [6.45, 7) is 6.93. The third-order valence-corrected chi connectivity index (χ3v) is 3.58. The van der Waals surface area contributed by atoms with E-state index in [-0.39, 0.29) is 0 Å². The van der Waals surface area contributed by atoms with Crippen molar-refractivity contribution in [2.75, 3.05) is 12.3 Å². The fourth-order valence-electron chi connectivity index (χ4n) is 2.84. The molecule has 0 saturated carbocycles. The fraction of sp³-hybridized carbons (Fsp3) is 0.600. The van der Waals surface area contributed by atoms with Crippen molar-refractivity contribution >= 4 is 5.69 Å². The predicted octanol–water partition coefficient (Wildman–Crippen LogP) is 3.28. The molecule has 0 bridgehead atoms. The Morgan fingerprint density at radius 3 is 2.94 bits per heavy atom. The van der Waals surface area contributed by atoms with E-state index in [0.717, 1.165) is 24.2 Å². The molecule has 1 atom stereocenters. The van der Waals surface area contributed by atoms with E-state index in [1.54, 1.807) is 0 Å². The molecule has 1 aliphatic heterocycles. The first-order valence-electron chi connectivity index (χ1n) is 6.73. The van der Waals surface area contributed by atoms with Crippen LogP contribution in [-0.4, -0.2) is 17.5 Å². The Morgan fingerprint density at radius 1 is 1.41 bits per heavy atom. The van der Waals surface area contributed by atoms with Gasteiger partial charge >= 0.3 is 0 Å². The highest BCUT2D eigenvalue weighted by Crippen LogP contribution is 2.25. The molecule has 0 aromatic heterocycles. The maximum absolute atomic E-state index is 5.83. The van der Waals surface area contributed by atoms with Gasteiger partial charge in [0.15, 0.2) is 0 Å². The van der Waals surface area contributed by atoms with Gasteiger partial charge in [0, 0.05) is 18.3 Å². The van der Waals surface area contributed by atoms with Gasteiger partial charge in [0.05, 0.1) is 0 Å². The summed E-state index contributed by atoms with van der Waals surface area (Å²) < 4.78 is 0. The van der Waals surface area contributed by atoms with Crippen LogP contribution in [0, 0.1) is 5.92 Å². The number of hydrogen-bond donors (Lipinski definition) is 1. The number of nitrogens with zero attached hydrogens (tertiary/aromatic N) is 1. The maximum Gasteiger partial charge on any atom is 0.0317 e. The number of rotatable bonds is 4. The number of hydrogen-bond acceptors (Lipinski definition) is 2. The molecule has 1 unspecified atom stereocenters. The summed E-state index contributed by atoms with van der Waals surface area (Å²) in [4.78, 5) is 2.62. The number of likely N-dealkylation sites (tertiary alicyclic amines) is 1. The molecule has 94 valence electrons. The van der Waals surface area contributed by atoms with Gasteiger partial charge in [-0.15, -0.1) is 0 Å². The second-order valence-corrected chi connectivity index (χ2v) is 5.64. The Bertz CT molecular complexity index is 360. The summed E-state index contributed by atoms with van der Waals surface area (Å²) >= 11 is 0. The minimum Gasteiger partial charge on any atom is -0.399 e. The van der Waals surface area contributed by atoms with Crippen LogP contribution in [0.25, 0.3) is 0 Å². The van der Waals surface area contributed by atoms with E-state index in [1.807, 2.05) is 6.07 Å². The molecule has 2 heteroatoms. The van der Waals surface area contributed by atoms with Gasteiger partial charge in [-0.1, -0.05) is 26.0 Å². The summed E-state index contributed by atoms with van der Waals surface area (Å²) in [5.41, 5.74) is 8.05. The lowest BCUT2D eigenvalue weighted by Gasteiger charge is -2.26. The number of nitrogens with two attached hydrogens (primary N) is 1. The topological polar surface area (TPSA) is 29.3 Å². The molecule has 0 amide bonds. The van der Waals surface area contributed by atoms with Gasteiger partial charge in [0.25, 0.3) is 0 Å². The smallest absolute Gasteiger partial charge is 0.0317 e. The first-order chi connectivity index (χ1) is 8.15. The highest BCUT2D eigenvalue weighted by atomic mass is 15.2. The van der Waals surface area contributed by atoms with Crippen LogP contribution in [0.5, 0.6) is 0 Å². The Balaban J connectivity index is 1.97. The van der Waals surface area contributed by atoms with Crippen LogP contribution in [0.15, 0.2) is 24.3 Å². The normalized spacial score (nSPS) is 21.2. The van der Waals surface area contributed by atoms with Gasteiger partial charge < -0.3 is 5.73 Å². The van der Waals surface area contributed by atoms with Crippen molar-refractivity contribution in [2.45, 2.75) is 45.7 Å². The first kappa shape index (κ1) is 12.4. The summed E-state index contributed by atoms with van der Waals surface area (Å²) in [5, 5.41) is 0. The van der Waals surface area contributed by atoms with Gasteiger partial charge in [-0.2, -0.15) is 0 Å². The standard InChI is InChI=1S/C15H24N2/c1-12(2)9-15-7-4-8-17(15)11-13-5-3-6-14(16)10-13/h3,5-6,10,12,15H,4,7-9,11,16H2,1-2H3. The van der Waals surface area contributed by atoms with Crippen LogP contribution in [0.2, 0.25) is 0 Å². The summed E-state index contributed by atoms with van der Waals surface area (Å²) in [6, 6.07) is 9.07. The van der Waals surface area contributed by atoms with E-state index in [4.69, 9.17) is 5.73 Å². The second-order valence-electron chi connectivity index (χ2n) is 5.64. The van der Waals surface area contributed by atoms with Crippen molar-refractivity contribution in [2.24, 2.45) is 5.92 Å². The largest absolute Gasteiger partial charge is 0.399 e. The average Bonchev–Trinajstić information content (AvgIpc) is 2.65.